The Morgan fingerprint density at radius 1 is 1.09 bits per heavy atom. The van der Waals surface area contributed by atoms with Gasteiger partial charge in [0, 0.05) is 43.2 Å². The van der Waals surface area contributed by atoms with E-state index in [1.54, 1.807) is 24.3 Å². The predicted octanol–water partition coefficient (Wildman–Crippen LogP) is 2.67. The Balaban J connectivity index is 1.23. The molecule has 0 unspecified atom stereocenters. The molecular formula is C24H26N4O5S. The molecule has 0 N–H and O–H groups in total. The summed E-state index contributed by atoms with van der Waals surface area (Å²) in [6.45, 7) is 3.53. The van der Waals surface area contributed by atoms with Crippen molar-refractivity contribution in [3.05, 3.63) is 60.0 Å². The fourth-order valence-corrected chi connectivity index (χ4v) is 5.87. The number of benzene rings is 2. The van der Waals surface area contributed by atoms with E-state index in [1.807, 2.05) is 30.0 Å². The summed E-state index contributed by atoms with van der Waals surface area (Å²) in [6, 6.07) is 14.5. The molecule has 0 spiro atoms. The van der Waals surface area contributed by atoms with E-state index in [2.05, 4.69) is 16.2 Å². The SMILES string of the molecule is C[C@@H]1Cc2ccccc2N1C(=O)CCc1nc(-c2ccc(S(=O)(=O)N3CCOCC3)cc2)no1. The minimum atomic E-state index is -3.56. The van der Waals surface area contributed by atoms with Gasteiger partial charge in [0.15, 0.2) is 0 Å². The van der Waals surface area contributed by atoms with Crippen LogP contribution in [0.4, 0.5) is 5.69 Å². The topological polar surface area (TPSA) is 106 Å². The van der Waals surface area contributed by atoms with Crippen LogP contribution in [0.3, 0.4) is 0 Å². The highest BCUT2D eigenvalue weighted by atomic mass is 32.2. The van der Waals surface area contributed by atoms with E-state index >= 15 is 0 Å². The molecule has 3 aromatic rings. The number of carbonyl (C=O) groups excluding carboxylic acids is 1. The van der Waals surface area contributed by atoms with Gasteiger partial charge in [-0.25, -0.2) is 8.42 Å². The minimum absolute atomic E-state index is 0.0230. The maximum atomic E-state index is 12.9. The third-order valence-electron chi connectivity index (χ3n) is 6.22. The van der Waals surface area contributed by atoms with Crippen LogP contribution in [0.15, 0.2) is 57.9 Å². The smallest absolute Gasteiger partial charge is 0.243 e. The first-order valence-corrected chi connectivity index (χ1v) is 12.8. The number of hydrogen-bond acceptors (Lipinski definition) is 7. The van der Waals surface area contributed by atoms with Crippen molar-refractivity contribution < 1.29 is 22.5 Å². The standard InChI is InChI=1S/C24H26N4O5S/c1-17-16-19-4-2-3-5-21(19)28(17)23(29)11-10-22-25-24(26-33-22)18-6-8-20(9-7-18)34(30,31)27-12-14-32-15-13-27/h2-9,17H,10-16H2,1H3/t17-/m1/s1. The quantitative estimate of drug-likeness (QED) is 0.532. The highest BCUT2D eigenvalue weighted by Gasteiger charge is 2.30. The summed E-state index contributed by atoms with van der Waals surface area (Å²) in [7, 11) is -3.56. The number of carbonyl (C=O) groups is 1. The van der Waals surface area contributed by atoms with Crippen molar-refractivity contribution in [1.29, 1.82) is 0 Å². The van der Waals surface area contributed by atoms with E-state index in [4.69, 9.17) is 9.26 Å². The van der Waals surface area contributed by atoms with E-state index in [0.29, 0.717) is 50.0 Å². The molecule has 9 nitrogen and oxygen atoms in total. The van der Waals surface area contributed by atoms with Crippen molar-refractivity contribution in [3.8, 4) is 11.4 Å². The summed E-state index contributed by atoms with van der Waals surface area (Å²) in [4.78, 5) is 19.4. The van der Waals surface area contributed by atoms with Crippen LogP contribution in [-0.4, -0.2) is 61.1 Å². The van der Waals surface area contributed by atoms with Gasteiger partial charge in [-0.3, -0.25) is 4.79 Å². The molecule has 0 aliphatic carbocycles. The second-order valence-electron chi connectivity index (χ2n) is 8.50. The minimum Gasteiger partial charge on any atom is -0.379 e. The molecule has 1 fully saturated rings. The van der Waals surface area contributed by atoms with Crippen molar-refractivity contribution in [3.63, 3.8) is 0 Å². The van der Waals surface area contributed by atoms with E-state index in [0.717, 1.165) is 12.1 Å². The summed E-state index contributed by atoms with van der Waals surface area (Å²) in [5.74, 6) is 0.751. The number of sulfonamides is 1. The van der Waals surface area contributed by atoms with Crippen LogP contribution in [0.1, 0.15) is 24.8 Å². The van der Waals surface area contributed by atoms with Gasteiger partial charge in [0.05, 0.1) is 18.1 Å². The first-order chi connectivity index (χ1) is 16.4. The number of amides is 1. The molecule has 1 aromatic heterocycles. The van der Waals surface area contributed by atoms with Gasteiger partial charge in [-0.1, -0.05) is 23.4 Å². The molecule has 34 heavy (non-hydrogen) atoms. The van der Waals surface area contributed by atoms with Crippen LogP contribution in [0.2, 0.25) is 0 Å². The second-order valence-corrected chi connectivity index (χ2v) is 10.4. The molecule has 1 saturated heterocycles. The molecule has 0 bridgehead atoms. The maximum Gasteiger partial charge on any atom is 0.243 e. The van der Waals surface area contributed by atoms with Crippen LogP contribution in [0.5, 0.6) is 0 Å². The molecule has 2 aliphatic rings. The van der Waals surface area contributed by atoms with Gasteiger partial charge in [0.25, 0.3) is 0 Å². The zero-order chi connectivity index (χ0) is 23.7. The molecule has 2 aliphatic heterocycles. The number of hydrogen-bond donors (Lipinski definition) is 0. The van der Waals surface area contributed by atoms with Crippen LogP contribution in [0, 0.1) is 0 Å². The molecule has 3 heterocycles. The lowest BCUT2D eigenvalue weighted by Gasteiger charge is -2.26. The monoisotopic (exact) mass is 482 g/mol. The average Bonchev–Trinajstić information content (AvgIpc) is 3.47. The second kappa shape index (κ2) is 9.28. The molecule has 2 aromatic carbocycles. The lowest BCUT2D eigenvalue weighted by atomic mass is 10.1. The fraction of sp³-hybridized carbons (Fsp3) is 0.375. The lowest BCUT2D eigenvalue weighted by Crippen LogP contribution is -2.40. The molecule has 1 amide bonds. The Kier molecular flexibility index (Phi) is 6.20. The molecular weight excluding hydrogens is 456 g/mol. The van der Waals surface area contributed by atoms with E-state index < -0.39 is 10.0 Å². The summed E-state index contributed by atoms with van der Waals surface area (Å²) in [6.07, 6.45) is 1.45. The highest BCUT2D eigenvalue weighted by Crippen LogP contribution is 2.32. The van der Waals surface area contributed by atoms with Crippen molar-refractivity contribution in [2.45, 2.75) is 37.1 Å². The Bertz CT molecular complexity index is 1280. The number of ether oxygens (including phenoxy) is 1. The summed E-state index contributed by atoms with van der Waals surface area (Å²) in [5.41, 5.74) is 2.80. The number of rotatable bonds is 6. The number of fused-ring (bicyclic) bond motifs is 1. The van der Waals surface area contributed by atoms with E-state index in [9.17, 15) is 13.2 Å². The van der Waals surface area contributed by atoms with Crippen LogP contribution < -0.4 is 4.90 Å². The normalized spacial score (nSPS) is 18.7. The summed E-state index contributed by atoms with van der Waals surface area (Å²) in [5, 5.41) is 4.01. The van der Waals surface area contributed by atoms with Gasteiger partial charge in [-0.2, -0.15) is 9.29 Å². The molecule has 1 atom stereocenters. The van der Waals surface area contributed by atoms with Gasteiger partial charge in [-0.15, -0.1) is 0 Å². The molecule has 5 rings (SSSR count). The fourth-order valence-electron chi connectivity index (χ4n) is 4.47. The predicted molar refractivity (Wildman–Crippen MR) is 125 cm³/mol. The van der Waals surface area contributed by atoms with Crippen molar-refractivity contribution in [2.75, 3.05) is 31.2 Å². The van der Waals surface area contributed by atoms with E-state index in [-0.39, 0.29) is 23.3 Å². The first kappa shape index (κ1) is 22.7. The Morgan fingerprint density at radius 2 is 1.82 bits per heavy atom. The van der Waals surface area contributed by atoms with E-state index in [1.165, 1.54) is 9.87 Å². The molecule has 10 heteroatoms. The van der Waals surface area contributed by atoms with Gasteiger partial charge in [-0.05, 0) is 49.2 Å². The van der Waals surface area contributed by atoms with Gasteiger partial charge < -0.3 is 14.2 Å². The van der Waals surface area contributed by atoms with Crippen molar-refractivity contribution in [2.24, 2.45) is 0 Å². The van der Waals surface area contributed by atoms with Crippen LogP contribution in [0.25, 0.3) is 11.4 Å². The molecule has 0 radical (unpaired) electrons. The zero-order valence-corrected chi connectivity index (χ0v) is 19.7. The van der Waals surface area contributed by atoms with Crippen LogP contribution >= 0.6 is 0 Å². The number of morpholine rings is 1. The first-order valence-electron chi connectivity index (χ1n) is 11.3. The third-order valence-corrected chi connectivity index (χ3v) is 8.13. The Labute approximate surface area is 198 Å². The molecule has 178 valence electrons. The number of para-hydroxylation sites is 1. The third kappa shape index (κ3) is 4.36. The maximum absolute atomic E-state index is 12.9. The number of aryl methyl sites for hydroxylation is 1. The van der Waals surface area contributed by atoms with Crippen molar-refractivity contribution in [1.82, 2.24) is 14.4 Å². The highest BCUT2D eigenvalue weighted by molar-refractivity contribution is 7.89. The Hall–Kier alpha value is -3.08. The van der Waals surface area contributed by atoms with Gasteiger partial charge >= 0.3 is 0 Å². The largest absolute Gasteiger partial charge is 0.379 e. The van der Waals surface area contributed by atoms with Gasteiger partial charge in [0.1, 0.15) is 0 Å². The zero-order valence-electron chi connectivity index (χ0n) is 18.9. The average molecular weight is 483 g/mol. The summed E-state index contributed by atoms with van der Waals surface area (Å²) < 4.78 is 37.6. The number of nitrogens with zero attached hydrogens (tertiary/aromatic N) is 4. The van der Waals surface area contributed by atoms with Crippen molar-refractivity contribution >= 4 is 21.6 Å². The van der Waals surface area contributed by atoms with Gasteiger partial charge in [0.2, 0.25) is 27.6 Å². The number of aromatic nitrogens is 2. The summed E-state index contributed by atoms with van der Waals surface area (Å²) >= 11 is 0. The number of anilines is 1. The Morgan fingerprint density at radius 3 is 2.59 bits per heavy atom. The van der Waals surface area contributed by atoms with Crippen LogP contribution in [-0.2, 0) is 32.4 Å². The lowest BCUT2D eigenvalue weighted by molar-refractivity contribution is -0.118. The molecule has 0 saturated carbocycles.